The predicted octanol–water partition coefficient (Wildman–Crippen LogP) is 1.27. The Balaban J connectivity index is 2.61. The maximum absolute atomic E-state index is 11.7. The molecule has 0 aliphatic carbocycles. The van der Waals surface area contributed by atoms with Gasteiger partial charge in [-0.15, -0.1) is 0 Å². The number of carboxylic acids is 1. The summed E-state index contributed by atoms with van der Waals surface area (Å²) in [4.78, 5) is 30.8. The third kappa shape index (κ3) is 5.25. The Morgan fingerprint density at radius 1 is 1.38 bits per heavy atom. The lowest BCUT2D eigenvalue weighted by Crippen LogP contribution is -2.38. The summed E-state index contributed by atoms with van der Waals surface area (Å²) in [7, 11) is 1.46. The van der Waals surface area contributed by atoms with Gasteiger partial charge in [-0.25, -0.2) is 9.78 Å². The van der Waals surface area contributed by atoms with E-state index in [4.69, 9.17) is 9.84 Å². The van der Waals surface area contributed by atoms with Crippen molar-refractivity contribution in [1.82, 2.24) is 15.3 Å². The van der Waals surface area contributed by atoms with Crippen molar-refractivity contribution in [2.24, 2.45) is 11.8 Å². The number of nitrogens with zero attached hydrogens (tertiary/aromatic N) is 2. The molecular formula is C13H20N4O4. The molecule has 2 amide bonds. The van der Waals surface area contributed by atoms with E-state index in [2.05, 4.69) is 20.6 Å². The van der Waals surface area contributed by atoms with E-state index in [1.807, 2.05) is 0 Å². The zero-order valence-electron chi connectivity index (χ0n) is 12.5. The van der Waals surface area contributed by atoms with E-state index >= 15 is 0 Å². The maximum Gasteiger partial charge on any atom is 0.321 e. The normalized spacial score (nSPS) is 11.9. The molecule has 1 unspecified atom stereocenters. The van der Waals surface area contributed by atoms with Crippen molar-refractivity contribution < 1.29 is 19.4 Å². The summed E-state index contributed by atoms with van der Waals surface area (Å²) in [5.74, 6) is -1.25. The summed E-state index contributed by atoms with van der Waals surface area (Å²) in [6.07, 6.45) is 0. The van der Waals surface area contributed by atoms with Gasteiger partial charge in [-0.3, -0.25) is 10.1 Å². The Morgan fingerprint density at radius 3 is 2.57 bits per heavy atom. The molecule has 1 aromatic heterocycles. The molecular weight excluding hydrogens is 276 g/mol. The fourth-order valence-corrected chi connectivity index (χ4v) is 1.66. The summed E-state index contributed by atoms with van der Waals surface area (Å²) in [5.41, 5.74) is 0.641. The number of aryl methyl sites for hydroxylation is 1. The predicted molar refractivity (Wildman–Crippen MR) is 76.3 cm³/mol. The minimum absolute atomic E-state index is 0.0295. The number of urea groups is 1. The molecule has 0 radical (unpaired) electrons. The molecule has 1 rings (SSSR count). The van der Waals surface area contributed by atoms with Crippen LogP contribution in [0.2, 0.25) is 0 Å². The van der Waals surface area contributed by atoms with Crippen LogP contribution in [0.4, 0.5) is 10.7 Å². The average molecular weight is 296 g/mol. The first-order valence-corrected chi connectivity index (χ1v) is 6.50. The average Bonchev–Trinajstić information content (AvgIpc) is 2.37. The number of amides is 2. The van der Waals surface area contributed by atoms with E-state index < -0.39 is 17.9 Å². The van der Waals surface area contributed by atoms with Gasteiger partial charge in [0.05, 0.1) is 13.0 Å². The van der Waals surface area contributed by atoms with Crippen molar-refractivity contribution in [3.05, 3.63) is 11.8 Å². The second-order valence-corrected chi connectivity index (χ2v) is 4.90. The van der Waals surface area contributed by atoms with Gasteiger partial charge in [0.25, 0.3) is 0 Å². The highest BCUT2D eigenvalue weighted by Crippen LogP contribution is 2.12. The molecule has 0 saturated heterocycles. The maximum atomic E-state index is 11.7. The van der Waals surface area contributed by atoms with Gasteiger partial charge in [-0.05, 0) is 12.8 Å². The van der Waals surface area contributed by atoms with Gasteiger partial charge >= 0.3 is 12.0 Å². The largest absolute Gasteiger partial charge is 0.481 e. The fourth-order valence-electron chi connectivity index (χ4n) is 1.66. The lowest BCUT2D eigenvalue weighted by molar-refractivity contribution is -0.142. The minimum Gasteiger partial charge on any atom is -0.481 e. The van der Waals surface area contributed by atoms with Crippen molar-refractivity contribution in [3.8, 4) is 5.88 Å². The zero-order chi connectivity index (χ0) is 16.0. The number of carboxylic acid groups (broad SMARTS) is 1. The number of methoxy groups -OCH3 is 1. The van der Waals surface area contributed by atoms with E-state index in [0.29, 0.717) is 11.6 Å². The summed E-state index contributed by atoms with van der Waals surface area (Å²) in [5, 5.41) is 14.0. The number of anilines is 1. The number of carbonyl (C=O) groups is 2. The topological polar surface area (TPSA) is 113 Å². The molecule has 116 valence electrons. The molecule has 0 saturated carbocycles. The first-order valence-electron chi connectivity index (χ1n) is 6.50. The summed E-state index contributed by atoms with van der Waals surface area (Å²) in [6, 6.07) is 1.07. The van der Waals surface area contributed by atoms with Gasteiger partial charge in [0.15, 0.2) is 0 Å². The highest BCUT2D eigenvalue weighted by atomic mass is 16.5. The van der Waals surface area contributed by atoms with E-state index in [-0.39, 0.29) is 18.4 Å². The molecule has 0 aliphatic rings. The van der Waals surface area contributed by atoms with Crippen LogP contribution in [0.25, 0.3) is 0 Å². The van der Waals surface area contributed by atoms with Crippen LogP contribution >= 0.6 is 0 Å². The summed E-state index contributed by atoms with van der Waals surface area (Å²) < 4.78 is 4.98. The van der Waals surface area contributed by atoms with Gasteiger partial charge in [0.1, 0.15) is 0 Å². The van der Waals surface area contributed by atoms with Crippen LogP contribution in [-0.4, -0.2) is 40.7 Å². The van der Waals surface area contributed by atoms with Crippen LogP contribution < -0.4 is 15.4 Å². The number of ether oxygens (including phenoxy) is 1. The SMILES string of the molecule is COc1cc(C)nc(NC(=O)NCC(C(=O)O)C(C)C)n1. The van der Waals surface area contributed by atoms with E-state index in [1.54, 1.807) is 26.8 Å². The monoisotopic (exact) mass is 296 g/mol. The number of hydrogen-bond acceptors (Lipinski definition) is 5. The van der Waals surface area contributed by atoms with Crippen LogP contribution in [0.5, 0.6) is 5.88 Å². The molecule has 0 fully saturated rings. The van der Waals surface area contributed by atoms with Crippen LogP contribution in [0.3, 0.4) is 0 Å². The van der Waals surface area contributed by atoms with Crippen molar-refractivity contribution in [2.75, 3.05) is 19.0 Å². The number of rotatable bonds is 6. The minimum atomic E-state index is -0.946. The molecule has 0 aromatic carbocycles. The molecule has 1 aromatic rings. The first kappa shape index (κ1) is 16.7. The van der Waals surface area contributed by atoms with Gasteiger partial charge in [-0.2, -0.15) is 4.98 Å². The zero-order valence-corrected chi connectivity index (χ0v) is 12.5. The number of nitrogens with one attached hydrogen (secondary N) is 2. The van der Waals surface area contributed by atoms with Crippen LogP contribution in [0.15, 0.2) is 6.07 Å². The second-order valence-electron chi connectivity index (χ2n) is 4.90. The highest BCUT2D eigenvalue weighted by molar-refractivity contribution is 5.87. The van der Waals surface area contributed by atoms with Crippen molar-refractivity contribution >= 4 is 17.9 Å². The van der Waals surface area contributed by atoms with Crippen molar-refractivity contribution in [1.29, 1.82) is 0 Å². The molecule has 0 spiro atoms. The summed E-state index contributed by atoms with van der Waals surface area (Å²) in [6.45, 7) is 5.34. The third-order valence-electron chi connectivity index (χ3n) is 2.87. The third-order valence-corrected chi connectivity index (χ3v) is 2.87. The van der Waals surface area contributed by atoms with E-state index in [1.165, 1.54) is 7.11 Å². The first-order chi connectivity index (χ1) is 9.83. The van der Waals surface area contributed by atoms with Crippen molar-refractivity contribution in [2.45, 2.75) is 20.8 Å². The van der Waals surface area contributed by atoms with Gasteiger partial charge in [-0.1, -0.05) is 13.8 Å². The van der Waals surface area contributed by atoms with E-state index in [0.717, 1.165) is 0 Å². The van der Waals surface area contributed by atoms with Gasteiger partial charge in [0, 0.05) is 18.3 Å². The Labute approximate surface area is 122 Å². The van der Waals surface area contributed by atoms with Gasteiger partial charge < -0.3 is 15.2 Å². The van der Waals surface area contributed by atoms with E-state index in [9.17, 15) is 9.59 Å². The van der Waals surface area contributed by atoms with Crippen molar-refractivity contribution in [3.63, 3.8) is 0 Å². The molecule has 0 bridgehead atoms. The lowest BCUT2D eigenvalue weighted by atomic mass is 9.96. The summed E-state index contributed by atoms with van der Waals surface area (Å²) >= 11 is 0. The fraction of sp³-hybridized carbons (Fsp3) is 0.538. The smallest absolute Gasteiger partial charge is 0.321 e. The van der Waals surface area contributed by atoms with Crippen LogP contribution in [-0.2, 0) is 4.79 Å². The number of hydrogen-bond donors (Lipinski definition) is 3. The number of aliphatic carboxylic acids is 1. The number of carbonyl (C=O) groups excluding carboxylic acids is 1. The molecule has 0 aliphatic heterocycles. The Morgan fingerprint density at radius 2 is 2.05 bits per heavy atom. The molecule has 8 nitrogen and oxygen atoms in total. The molecule has 8 heteroatoms. The highest BCUT2D eigenvalue weighted by Gasteiger charge is 2.22. The Kier molecular flexibility index (Phi) is 5.89. The van der Waals surface area contributed by atoms with Crippen LogP contribution in [0.1, 0.15) is 19.5 Å². The Hall–Kier alpha value is -2.38. The number of aromatic nitrogens is 2. The van der Waals surface area contributed by atoms with Crippen LogP contribution in [0, 0.1) is 18.8 Å². The lowest BCUT2D eigenvalue weighted by Gasteiger charge is -2.16. The molecule has 21 heavy (non-hydrogen) atoms. The Bertz CT molecular complexity index is 519. The quantitative estimate of drug-likeness (QED) is 0.728. The molecule has 1 heterocycles. The molecule has 1 atom stereocenters. The molecule has 3 N–H and O–H groups in total. The second kappa shape index (κ2) is 7.41. The standard InChI is InChI=1S/C13H20N4O4/c1-7(2)9(11(18)19)6-14-13(20)17-12-15-8(3)5-10(16-12)21-4/h5,7,9H,6H2,1-4H3,(H,18,19)(H2,14,15,16,17,20). The van der Waals surface area contributed by atoms with Gasteiger partial charge in [0.2, 0.25) is 11.8 Å².